The second kappa shape index (κ2) is 123. The number of hydrogen-bond acceptors (Lipinski definition) is 37. The quantitative estimate of drug-likeness (QED) is 0.0324. The smallest absolute Gasteiger partial charge is 0.223 e. The van der Waals surface area contributed by atoms with E-state index in [4.69, 9.17) is 14.6 Å². The fourth-order valence-corrected chi connectivity index (χ4v) is 11.2. The summed E-state index contributed by atoms with van der Waals surface area (Å²) in [6, 6.07) is 0. The standard InChI is InChI=1S/2C13H24O3.C9H16O4.3C9H14O4.C9H18O3.4C9H16O3/c1-3-4-5-8-12(14)11-13(15)9-6-7-10-16-2;1-3-4-5-6-9-12(14)13(15)10-7-8-11-16-2;1-7(10)5-8(11)3-4-9(12)6-13-2;1-7(10)3-4-8(11)5-9(12)6-13-2;1-7(10)9(12)5-3-4-8(11)6-13-2;1-7(10)4-3-5-8(11)9(12)6-13-2;1-8(10)5-3-4-6-9(11)7-12-2;1-3-8(10)5-4-6-9(11)7-12-2;1-3-4-8(10)5-6-9(11)7-12-2;1-3-4-5-8(10)6-9(11)7-12-2;1-3-4-5-6-8(10)9(11)7-12-2/h2*3-11H2,1-2H3;8,11H,3-6H2,1-2H3;3*3-6H2,1-2H3;8,10H,3-7H2,1-2H3;4*3-7H2,1-2H3. The summed E-state index contributed by atoms with van der Waals surface area (Å²) in [4.78, 5) is 262. The first-order valence-electron chi connectivity index (χ1n) is 50.4. The number of methoxy groups -OCH3 is 11. The van der Waals surface area contributed by atoms with Crippen LogP contribution in [0.5, 0.6) is 0 Å². The van der Waals surface area contributed by atoms with E-state index in [1.807, 2.05) is 20.8 Å². The number of Topliss-reactive ketones (excluding diaryl/α,β-unsaturated/α-hetero) is 24. The normalized spacial score (nSPS) is 10.4. The van der Waals surface area contributed by atoms with Gasteiger partial charge in [-0.25, -0.2) is 0 Å². The molecule has 2 N–H and O–H groups in total. The number of ether oxygens (including phenoxy) is 11. The molecule has 0 aliphatic rings. The minimum absolute atomic E-state index is 0.00181. The second-order valence-corrected chi connectivity index (χ2v) is 33.9. The van der Waals surface area contributed by atoms with Crippen molar-refractivity contribution in [1.82, 2.24) is 0 Å². The predicted molar refractivity (Wildman–Crippen MR) is 547 cm³/mol. The van der Waals surface area contributed by atoms with E-state index in [1.165, 1.54) is 91.7 Å². The molecule has 0 rings (SSSR count). The summed E-state index contributed by atoms with van der Waals surface area (Å²) in [5.74, 6) is -2.84. The Morgan fingerprint density at radius 3 is 0.833 bits per heavy atom. The Bertz CT molecular complexity index is 3400. The molecule has 0 fully saturated rings. The molecule has 0 heterocycles. The highest BCUT2D eigenvalue weighted by Gasteiger charge is 2.19. The molecule has 0 spiro atoms. The van der Waals surface area contributed by atoms with Crippen LogP contribution in [0.25, 0.3) is 0 Å². The third-order valence-corrected chi connectivity index (χ3v) is 19.1. The van der Waals surface area contributed by atoms with Gasteiger partial charge in [0.25, 0.3) is 0 Å². The monoisotopic (exact) mass is 2070 g/mol. The van der Waals surface area contributed by atoms with E-state index in [0.717, 1.165) is 128 Å². The van der Waals surface area contributed by atoms with Crippen LogP contribution in [0.4, 0.5) is 0 Å². The number of ketones is 24. The minimum atomic E-state index is -0.696. The van der Waals surface area contributed by atoms with Crippen molar-refractivity contribution in [1.29, 1.82) is 0 Å². The first-order chi connectivity index (χ1) is 68.2. The molecule has 2 atom stereocenters. The van der Waals surface area contributed by atoms with E-state index < -0.39 is 35.0 Å². The Kier molecular flexibility index (Phi) is 135. The van der Waals surface area contributed by atoms with Gasteiger partial charge in [0.2, 0.25) is 23.1 Å². The maximum absolute atomic E-state index is 11.4. The van der Waals surface area contributed by atoms with E-state index >= 15 is 0 Å². The molecule has 37 nitrogen and oxygen atoms in total. The molecule has 0 aromatic carbocycles. The lowest BCUT2D eigenvalue weighted by Crippen LogP contribution is -2.18. The molecule has 0 aromatic rings. The third-order valence-electron chi connectivity index (χ3n) is 19.1. The Balaban J connectivity index is -0.000000150. The van der Waals surface area contributed by atoms with Gasteiger partial charge in [-0.1, -0.05) is 99.3 Å². The van der Waals surface area contributed by atoms with Gasteiger partial charge in [0, 0.05) is 233 Å². The van der Waals surface area contributed by atoms with Gasteiger partial charge in [-0.15, -0.1) is 0 Å². The molecule has 0 saturated heterocycles. The first-order valence-corrected chi connectivity index (χ1v) is 50.4. The summed E-state index contributed by atoms with van der Waals surface area (Å²) in [6.07, 6.45) is 27.7. The molecule has 0 amide bonds. The molecular weight excluding hydrogens is 1880 g/mol. The number of carbonyl (C=O) groups is 24. The van der Waals surface area contributed by atoms with Gasteiger partial charge in [-0.05, 0) is 124 Å². The van der Waals surface area contributed by atoms with Crippen molar-refractivity contribution < 1.29 is 177 Å². The lowest BCUT2D eigenvalue weighted by atomic mass is 10.0. The summed E-state index contributed by atoms with van der Waals surface area (Å²) in [5, 5.41) is 18.1. The molecule has 0 bridgehead atoms. The van der Waals surface area contributed by atoms with E-state index in [2.05, 4.69) is 63.4 Å². The molecule has 0 aromatic heterocycles. The van der Waals surface area contributed by atoms with Gasteiger partial charge in [-0.3, -0.25) is 105 Å². The van der Waals surface area contributed by atoms with Gasteiger partial charge in [-0.2, -0.15) is 0 Å². The third kappa shape index (κ3) is 144. The fourth-order valence-electron chi connectivity index (χ4n) is 11.2. The lowest BCUT2D eigenvalue weighted by Gasteiger charge is -2.06. The predicted octanol–water partition coefficient (Wildman–Crippen LogP) is 14.3. The summed E-state index contributed by atoms with van der Waals surface area (Å²) in [6.45, 7) is 21.2. The van der Waals surface area contributed by atoms with Crippen molar-refractivity contribution in [2.45, 2.75) is 397 Å². The lowest BCUT2D eigenvalue weighted by molar-refractivity contribution is -0.138. The summed E-state index contributed by atoms with van der Waals surface area (Å²) in [5.41, 5.74) is 0. The van der Waals surface area contributed by atoms with Crippen LogP contribution < -0.4 is 0 Å². The Hall–Kier alpha value is -8.44. The molecule has 0 aliphatic heterocycles. The largest absolute Gasteiger partial charge is 0.393 e. The van der Waals surface area contributed by atoms with Gasteiger partial charge < -0.3 is 71.9 Å². The molecule has 0 radical (unpaired) electrons. The summed E-state index contributed by atoms with van der Waals surface area (Å²) in [7, 11) is 16.3. The molecule has 2 unspecified atom stereocenters. The number of carbonyl (C=O) groups excluding carboxylic acids is 24. The van der Waals surface area contributed by atoms with E-state index in [-0.39, 0.29) is 233 Å². The Labute approximate surface area is 859 Å². The molecule has 37 heteroatoms. The molecule has 0 aliphatic carbocycles. The van der Waals surface area contributed by atoms with Crippen molar-refractivity contribution in [3.63, 3.8) is 0 Å². The van der Waals surface area contributed by atoms with Crippen LogP contribution in [-0.4, -0.2) is 312 Å². The minimum Gasteiger partial charge on any atom is -0.393 e. The molecular formula is C107H188O37. The number of aliphatic hydroxyl groups excluding tert-OH is 2. The molecule has 838 valence electrons. The van der Waals surface area contributed by atoms with Crippen molar-refractivity contribution in [2.75, 3.05) is 151 Å². The second-order valence-electron chi connectivity index (χ2n) is 33.9. The maximum Gasteiger partial charge on any atom is 0.223 e. The average molecular weight is 2070 g/mol. The Morgan fingerprint density at radius 2 is 0.472 bits per heavy atom. The maximum atomic E-state index is 11.4. The van der Waals surface area contributed by atoms with Crippen LogP contribution in [0.3, 0.4) is 0 Å². The molecule has 0 saturated carbocycles. The number of hydrogen-bond donors (Lipinski definition) is 2. The zero-order chi connectivity index (χ0) is 113. The summed E-state index contributed by atoms with van der Waals surface area (Å²) >= 11 is 0. The van der Waals surface area contributed by atoms with Crippen molar-refractivity contribution >= 4 is 139 Å². The number of aliphatic hydroxyl groups is 2. The van der Waals surface area contributed by atoms with Crippen molar-refractivity contribution in [3.8, 4) is 0 Å². The molecule has 144 heavy (non-hydrogen) atoms. The summed E-state index contributed by atoms with van der Waals surface area (Å²) < 4.78 is 51.2. The van der Waals surface area contributed by atoms with E-state index in [0.29, 0.717) is 135 Å². The van der Waals surface area contributed by atoms with Gasteiger partial charge in [0.1, 0.15) is 112 Å². The van der Waals surface area contributed by atoms with Crippen molar-refractivity contribution in [3.05, 3.63) is 0 Å². The van der Waals surface area contributed by atoms with Crippen LogP contribution in [0, 0.1) is 0 Å². The van der Waals surface area contributed by atoms with Gasteiger partial charge in [0.15, 0.2) is 63.6 Å². The van der Waals surface area contributed by atoms with Crippen LogP contribution in [-0.2, 0) is 167 Å². The topological polar surface area (TPSA) is 552 Å². The Morgan fingerprint density at radius 1 is 0.201 bits per heavy atom. The highest BCUT2D eigenvalue weighted by Crippen LogP contribution is 2.12. The zero-order valence-corrected chi connectivity index (χ0v) is 92.1. The van der Waals surface area contributed by atoms with Crippen LogP contribution in [0.1, 0.15) is 384 Å². The number of rotatable bonds is 85. The highest BCUT2D eigenvalue weighted by molar-refractivity contribution is 6.38. The van der Waals surface area contributed by atoms with Gasteiger partial charge in [0.05, 0.1) is 31.5 Å². The van der Waals surface area contributed by atoms with E-state index in [9.17, 15) is 120 Å². The average Bonchev–Trinajstić information content (AvgIpc) is 0.992. The zero-order valence-electron chi connectivity index (χ0n) is 92.1. The highest BCUT2D eigenvalue weighted by atomic mass is 16.5. The SMILES string of the molecule is CCC(=O)CCCC(=O)COC.CCCC(=O)CCC(=O)COC.CCCCC(=O)CC(=O)COC.CCCCCC(=O)C(=O)COC.CCCCCC(=O)CC(=O)CCCCOC.CCCCCCC(=O)C(=O)CCCCOC.COCC(=O)C(=O)CCCC(C)=O.COCC(=O)CC(=O)CCC(C)=O.COCC(=O)CCC(O)CC(C)=O.COCC(=O)CCCC(=O)C(C)=O.COCC(=O)CCCCC(C)O. The fraction of sp³-hybridized carbons (Fsp3) is 0.776. The number of unbranched alkanes of at least 4 members (excludes halogenated alkanes) is 11. The van der Waals surface area contributed by atoms with Crippen LogP contribution in [0.15, 0.2) is 0 Å². The van der Waals surface area contributed by atoms with Gasteiger partial charge >= 0.3 is 0 Å². The van der Waals surface area contributed by atoms with Crippen LogP contribution >= 0.6 is 0 Å². The first kappa shape index (κ1) is 158. The van der Waals surface area contributed by atoms with Crippen molar-refractivity contribution in [2.24, 2.45) is 0 Å². The van der Waals surface area contributed by atoms with Crippen LogP contribution in [0.2, 0.25) is 0 Å². The van der Waals surface area contributed by atoms with E-state index in [1.54, 1.807) is 21.1 Å².